The number of fused-ring (bicyclic) bond motifs is 1. The molecule has 1 aliphatic rings. The van der Waals surface area contributed by atoms with Crippen molar-refractivity contribution in [3.63, 3.8) is 0 Å². The van der Waals surface area contributed by atoms with Gasteiger partial charge in [0.25, 0.3) is 5.56 Å². The van der Waals surface area contributed by atoms with Crippen LogP contribution in [0.4, 0.5) is 0 Å². The largest absolute Gasteiger partial charge is 0.493 e. The number of likely N-dealkylation sites (tertiary alicyclic amines) is 1. The molecule has 3 aromatic rings. The molecule has 170 valence electrons. The summed E-state index contributed by atoms with van der Waals surface area (Å²) in [6.45, 7) is 3.22. The van der Waals surface area contributed by atoms with Crippen LogP contribution in [0.2, 0.25) is 0 Å². The minimum absolute atomic E-state index is 0.0291. The molecule has 32 heavy (non-hydrogen) atoms. The number of carbonyl (C=O) groups is 1. The second-order valence-corrected chi connectivity index (χ2v) is 7.88. The lowest BCUT2D eigenvalue weighted by Gasteiger charge is -2.18. The van der Waals surface area contributed by atoms with Crippen molar-refractivity contribution in [3.8, 4) is 17.2 Å². The second kappa shape index (κ2) is 8.94. The van der Waals surface area contributed by atoms with E-state index in [9.17, 15) is 9.59 Å². The molecule has 0 aliphatic carbocycles. The standard InChI is InChI=1S/C23H28N4O5/c1-5-16-11-22(29)27-20(24-16)12-17(25-27)15-6-7-26(13-15)21(28)10-14-8-18(30-2)23(32-4)19(9-14)31-3/h8-9,11-12,15,25H,5-7,10,13H2,1-4H3. The number of ether oxygens (including phenoxy) is 3. The summed E-state index contributed by atoms with van der Waals surface area (Å²) in [6.07, 6.45) is 1.76. The average molecular weight is 441 g/mol. The van der Waals surface area contributed by atoms with Crippen molar-refractivity contribution in [2.75, 3.05) is 34.4 Å². The topological polar surface area (TPSA) is 98.2 Å². The van der Waals surface area contributed by atoms with Gasteiger partial charge in [0.05, 0.1) is 27.8 Å². The van der Waals surface area contributed by atoms with E-state index < -0.39 is 0 Å². The van der Waals surface area contributed by atoms with Crippen molar-refractivity contribution in [1.82, 2.24) is 19.5 Å². The molecule has 1 N–H and O–H groups in total. The van der Waals surface area contributed by atoms with Gasteiger partial charge in [-0.3, -0.25) is 14.7 Å². The number of benzene rings is 1. The molecule has 0 radical (unpaired) electrons. The predicted molar refractivity (Wildman–Crippen MR) is 119 cm³/mol. The van der Waals surface area contributed by atoms with E-state index in [1.165, 1.54) is 4.52 Å². The third-order valence-electron chi connectivity index (χ3n) is 5.95. The molecule has 1 aliphatic heterocycles. The lowest BCUT2D eigenvalue weighted by molar-refractivity contribution is -0.129. The summed E-state index contributed by atoms with van der Waals surface area (Å²) < 4.78 is 17.6. The van der Waals surface area contributed by atoms with Gasteiger partial charge in [-0.15, -0.1) is 0 Å². The number of rotatable bonds is 7. The predicted octanol–water partition coefficient (Wildman–Crippen LogP) is 2.17. The third kappa shape index (κ3) is 4.02. The molecule has 2 aromatic heterocycles. The Morgan fingerprint density at radius 3 is 2.47 bits per heavy atom. The number of aromatic nitrogens is 3. The van der Waals surface area contributed by atoms with E-state index in [0.717, 1.165) is 23.4 Å². The van der Waals surface area contributed by atoms with Crippen molar-refractivity contribution in [3.05, 3.63) is 51.6 Å². The molecule has 0 bridgehead atoms. The van der Waals surface area contributed by atoms with Crippen molar-refractivity contribution < 1.29 is 19.0 Å². The first-order valence-electron chi connectivity index (χ1n) is 10.7. The molecule has 1 unspecified atom stereocenters. The molecule has 9 nitrogen and oxygen atoms in total. The molecule has 4 rings (SSSR count). The van der Waals surface area contributed by atoms with Crippen LogP contribution in [-0.4, -0.2) is 59.8 Å². The average Bonchev–Trinajstić information content (AvgIpc) is 3.45. The Balaban J connectivity index is 1.49. The summed E-state index contributed by atoms with van der Waals surface area (Å²) >= 11 is 0. The van der Waals surface area contributed by atoms with Crippen LogP contribution in [-0.2, 0) is 17.6 Å². The van der Waals surface area contributed by atoms with Crippen molar-refractivity contribution in [2.45, 2.75) is 32.1 Å². The maximum absolute atomic E-state index is 13.0. The Hall–Kier alpha value is -3.49. The van der Waals surface area contributed by atoms with Gasteiger partial charge in [-0.25, -0.2) is 9.50 Å². The quantitative estimate of drug-likeness (QED) is 0.605. The van der Waals surface area contributed by atoms with Crippen LogP contribution in [0.5, 0.6) is 17.2 Å². The van der Waals surface area contributed by atoms with Crippen LogP contribution >= 0.6 is 0 Å². The van der Waals surface area contributed by atoms with Gasteiger partial charge in [-0.1, -0.05) is 6.92 Å². The van der Waals surface area contributed by atoms with Crippen LogP contribution in [0.25, 0.3) is 5.65 Å². The second-order valence-electron chi connectivity index (χ2n) is 7.88. The smallest absolute Gasteiger partial charge is 0.272 e. The maximum Gasteiger partial charge on any atom is 0.272 e. The van der Waals surface area contributed by atoms with Crippen LogP contribution in [0, 0.1) is 0 Å². The number of nitrogens with one attached hydrogen (secondary N) is 1. The van der Waals surface area contributed by atoms with Gasteiger partial charge in [-0.05, 0) is 30.5 Å². The zero-order chi connectivity index (χ0) is 22.8. The number of amides is 1. The zero-order valence-electron chi connectivity index (χ0n) is 18.8. The Morgan fingerprint density at radius 2 is 1.84 bits per heavy atom. The zero-order valence-corrected chi connectivity index (χ0v) is 18.8. The first kappa shape index (κ1) is 21.7. The highest BCUT2D eigenvalue weighted by atomic mass is 16.5. The van der Waals surface area contributed by atoms with Gasteiger partial charge in [0.15, 0.2) is 17.1 Å². The van der Waals surface area contributed by atoms with Crippen molar-refractivity contribution in [1.29, 1.82) is 0 Å². The fraction of sp³-hybridized carbons (Fsp3) is 0.435. The molecule has 1 saturated heterocycles. The lowest BCUT2D eigenvalue weighted by Crippen LogP contribution is -2.30. The van der Waals surface area contributed by atoms with Crippen LogP contribution in [0.15, 0.2) is 29.1 Å². The highest BCUT2D eigenvalue weighted by molar-refractivity contribution is 5.79. The molecule has 0 spiro atoms. The van der Waals surface area contributed by atoms with E-state index in [-0.39, 0.29) is 23.8 Å². The monoisotopic (exact) mass is 440 g/mol. The van der Waals surface area contributed by atoms with Crippen LogP contribution < -0.4 is 19.8 Å². The fourth-order valence-electron chi connectivity index (χ4n) is 4.21. The normalized spacial score (nSPS) is 15.9. The van der Waals surface area contributed by atoms with E-state index in [1.807, 2.05) is 17.9 Å². The fourth-order valence-corrected chi connectivity index (χ4v) is 4.21. The van der Waals surface area contributed by atoms with E-state index in [1.54, 1.807) is 39.5 Å². The minimum atomic E-state index is -0.119. The molecule has 1 amide bonds. The summed E-state index contributed by atoms with van der Waals surface area (Å²) in [6, 6.07) is 7.06. The van der Waals surface area contributed by atoms with E-state index in [4.69, 9.17) is 14.2 Å². The Bertz CT molecular complexity index is 1170. The molecule has 1 atom stereocenters. The number of methoxy groups -OCH3 is 3. The SMILES string of the molecule is CCc1cc(=O)n2[nH]c(C3CCN(C(=O)Cc4cc(OC)c(OC)c(OC)c4)C3)cc2n1. The minimum Gasteiger partial charge on any atom is -0.493 e. The van der Waals surface area contributed by atoms with Crippen molar-refractivity contribution >= 4 is 11.6 Å². The molecule has 1 aromatic carbocycles. The summed E-state index contributed by atoms with van der Waals surface area (Å²) in [5.74, 6) is 1.71. The highest BCUT2D eigenvalue weighted by Crippen LogP contribution is 2.38. The van der Waals surface area contributed by atoms with Gasteiger partial charge < -0.3 is 19.1 Å². The Morgan fingerprint density at radius 1 is 1.12 bits per heavy atom. The summed E-state index contributed by atoms with van der Waals surface area (Å²) in [5.41, 5.74) is 2.99. The number of nitrogens with zero attached hydrogens (tertiary/aromatic N) is 3. The Kier molecular flexibility index (Phi) is 6.07. The maximum atomic E-state index is 13.0. The first-order chi connectivity index (χ1) is 15.5. The van der Waals surface area contributed by atoms with Crippen LogP contribution in [0.1, 0.15) is 36.2 Å². The summed E-state index contributed by atoms with van der Waals surface area (Å²) in [5, 5.41) is 3.17. The first-order valence-corrected chi connectivity index (χ1v) is 10.7. The molecule has 9 heteroatoms. The third-order valence-corrected chi connectivity index (χ3v) is 5.95. The van der Waals surface area contributed by atoms with Crippen LogP contribution in [0.3, 0.4) is 0 Å². The van der Waals surface area contributed by atoms with Gasteiger partial charge in [0.1, 0.15) is 0 Å². The molecule has 3 heterocycles. The number of carbonyl (C=O) groups excluding carboxylic acids is 1. The van der Waals surface area contributed by atoms with E-state index in [0.29, 0.717) is 42.4 Å². The van der Waals surface area contributed by atoms with Gasteiger partial charge in [-0.2, -0.15) is 0 Å². The highest BCUT2D eigenvalue weighted by Gasteiger charge is 2.29. The number of aryl methyl sites for hydroxylation is 1. The molecular weight excluding hydrogens is 412 g/mol. The Labute approximate surface area is 185 Å². The van der Waals surface area contributed by atoms with E-state index >= 15 is 0 Å². The van der Waals surface area contributed by atoms with Gasteiger partial charge in [0, 0.05) is 42.5 Å². The summed E-state index contributed by atoms with van der Waals surface area (Å²) in [7, 11) is 4.65. The van der Waals surface area contributed by atoms with Gasteiger partial charge >= 0.3 is 0 Å². The molecule has 1 fully saturated rings. The van der Waals surface area contributed by atoms with E-state index in [2.05, 4.69) is 10.1 Å². The summed E-state index contributed by atoms with van der Waals surface area (Å²) in [4.78, 5) is 31.7. The van der Waals surface area contributed by atoms with Crippen molar-refractivity contribution in [2.24, 2.45) is 0 Å². The number of hydrogen-bond acceptors (Lipinski definition) is 6. The number of H-pyrrole nitrogens is 1. The molecule has 0 saturated carbocycles. The number of aromatic amines is 1. The lowest BCUT2D eigenvalue weighted by atomic mass is 10.1. The molecular formula is C23H28N4O5. The van der Waals surface area contributed by atoms with Gasteiger partial charge in [0.2, 0.25) is 11.7 Å². The number of hydrogen-bond donors (Lipinski definition) is 1.